The molecule has 3 nitrogen and oxygen atoms in total. The summed E-state index contributed by atoms with van der Waals surface area (Å²) in [4.78, 5) is 4.27. The second-order valence-electron chi connectivity index (χ2n) is 3.94. The molecule has 1 heterocycles. The van der Waals surface area contributed by atoms with E-state index in [9.17, 15) is 0 Å². The molecule has 94 valence electrons. The first-order chi connectivity index (χ1) is 8.79. The molecule has 0 aliphatic rings. The quantitative estimate of drug-likeness (QED) is 0.901. The summed E-state index contributed by atoms with van der Waals surface area (Å²) < 4.78 is 5.63. The smallest absolute Gasteiger partial charge is 0.0895 e. The van der Waals surface area contributed by atoms with Gasteiger partial charge in [-0.3, -0.25) is 4.98 Å². The Labute approximate surface area is 112 Å². The van der Waals surface area contributed by atoms with E-state index in [1.54, 1.807) is 6.20 Å². The molecule has 2 rings (SSSR count). The van der Waals surface area contributed by atoms with Crippen molar-refractivity contribution in [2.75, 3.05) is 0 Å². The van der Waals surface area contributed by atoms with Crippen LogP contribution in [0.1, 0.15) is 16.8 Å². The van der Waals surface area contributed by atoms with Crippen LogP contribution in [0.2, 0.25) is 5.02 Å². The predicted molar refractivity (Wildman–Crippen MR) is 72.1 cm³/mol. The molecule has 0 saturated heterocycles. The molecule has 0 saturated carbocycles. The molecule has 2 N–H and O–H groups in total. The average molecular weight is 263 g/mol. The summed E-state index contributed by atoms with van der Waals surface area (Å²) in [7, 11) is 0. The van der Waals surface area contributed by atoms with Gasteiger partial charge in [0.25, 0.3) is 0 Å². The number of benzene rings is 1. The van der Waals surface area contributed by atoms with Crippen molar-refractivity contribution in [3.63, 3.8) is 0 Å². The fraction of sp³-hybridized carbons (Fsp3) is 0.214. The Bertz CT molecular complexity index is 517. The van der Waals surface area contributed by atoms with E-state index >= 15 is 0 Å². The van der Waals surface area contributed by atoms with Crippen molar-refractivity contribution in [3.8, 4) is 0 Å². The summed E-state index contributed by atoms with van der Waals surface area (Å²) in [6, 6.07) is 11.5. The van der Waals surface area contributed by atoms with Crippen LogP contribution in [0.25, 0.3) is 0 Å². The van der Waals surface area contributed by atoms with Crippen molar-refractivity contribution < 1.29 is 4.74 Å². The third-order valence-corrected chi connectivity index (χ3v) is 2.84. The lowest BCUT2D eigenvalue weighted by molar-refractivity contribution is 0.104. The minimum atomic E-state index is 0.458. The Balaban J connectivity index is 1.92. The number of ether oxygens (including phenoxy) is 1. The number of rotatable bonds is 5. The number of hydrogen-bond acceptors (Lipinski definition) is 3. The lowest BCUT2D eigenvalue weighted by Gasteiger charge is -2.07. The van der Waals surface area contributed by atoms with Gasteiger partial charge in [0, 0.05) is 17.8 Å². The van der Waals surface area contributed by atoms with Crippen LogP contribution in [0, 0.1) is 0 Å². The molecule has 0 bridgehead atoms. The third kappa shape index (κ3) is 3.53. The molecule has 0 amide bonds. The zero-order chi connectivity index (χ0) is 12.8. The number of hydrogen-bond donors (Lipinski definition) is 1. The molecule has 4 heteroatoms. The Hall–Kier alpha value is -1.42. The first-order valence-electron chi connectivity index (χ1n) is 5.74. The predicted octanol–water partition coefficient (Wildman–Crippen LogP) is 2.91. The second-order valence-corrected chi connectivity index (χ2v) is 4.37. The molecular weight excluding hydrogens is 248 g/mol. The molecule has 1 aromatic carbocycles. The molecule has 0 unspecified atom stereocenters. The minimum Gasteiger partial charge on any atom is -0.370 e. The van der Waals surface area contributed by atoms with E-state index in [0.717, 1.165) is 21.8 Å². The van der Waals surface area contributed by atoms with Gasteiger partial charge in [-0.05, 0) is 29.3 Å². The molecule has 1 aromatic heterocycles. The Kier molecular flexibility index (Phi) is 4.70. The van der Waals surface area contributed by atoms with Crippen LogP contribution >= 0.6 is 11.6 Å². The summed E-state index contributed by atoms with van der Waals surface area (Å²) in [6.45, 7) is 1.45. The van der Waals surface area contributed by atoms with Crippen molar-refractivity contribution in [2.45, 2.75) is 19.8 Å². The molecule has 0 atom stereocenters. The maximum Gasteiger partial charge on any atom is 0.0895 e. The molecule has 0 spiro atoms. The lowest BCUT2D eigenvalue weighted by Crippen LogP contribution is -2.05. The maximum absolute atomic E-state index is 5.90. The van der Waals surface area contributed by atoms with Gasteiger partial charge in [-0.25, -0.2) is 0 Å². The van der Waals surface area contributed by atoms with Crippen molar-refractivity contribution in [2.24, 2.45) is 5.73 Å². The Morgan fingerprint density at radius 1 is 1.17 bits per heavy atom. The number of nitrogens with two attached hydrogens (primary N) is 1. The number of nitrogens with zero attached hydrogens (tertiary/aromatic N) is 1. The second kappa shape index (κ2) is 6.50. The third-order valence-electron chi connectivity index (χ3n) is 2.60. The van der Waals surface area contributed by atoms with E-state index in [2.05, 4.69) is 4.98 Å². The molecular formula is C14H15ClN2O. The summed E-state index contributed by atoms with van der Waals surface area (Å²) in [5.41, 5.74) is 8.60. The zero-order valence-corrected chi connectivity index (χ0v) is 10.7. The normalized spacial score (nSPS) is 10.6. The van der Waals surface area contributed by atoms with Gasteiger partial charge in [-0.2, -0.15) is 0 Å². The van der Waals surface area contributed by atoms with E-state index in [1.807, 2.05) is 36.4 Å². The Morgan fingerprint density at radius 2 is 2.06 bits per heavy atom. The largest absolute Gasteiger partial charge is 0.370 e. The topological polar surface area (TPSA) is 48.1 Å². The van der Waals surface area contributed by atoms with Crippen molar-refractivity contribution in [1.29, 1.82) is 0 Å². The van der Waals surface area contributed by atoms with Gasteiger partial charge < -0.3 is 10.5 Å². The zero-order valence-electron chi connectivity index (χ0n) is 9.97. The van der Waals surface area contributed by atoms with Crippen LogP contribution in [0.5, 0.6) is 0 Å². The van der Waals surface area contributed by atoms with Crippen LogP contribution in [0.4, 0.5) is 0 Å². The lowest BCUT2D eigenvalue weighted by atomic mass is 10.2. The average Bonchev–Trinajstić information content (AvgIpc) is 2.39. The van der Waals surface area contributed by atoms with Crippen molar-refractivity contribution >= 4 is 11.6 Å². The highest BCUT2D eigenvalue weighted by Gasteiger charge is 2.02. The van der Waals surface area contributed by atoms with Crippen molar-refractivity contribution in [1.82, 2.24) is 4.98 Å². The number of pyridine rings is 1. The van der Waals surface area contributed by atoms with Gasteiger partial charge in [-0.1, -0.05) is 29.8 Å². The van der Waals surface area contributed by atoms with Crippen molar-refractivity contribution in [3.05, 3.63) is 64.4 Å². The maximum atomic E-state index is 5.90. The van der Waals surface area contributed by atoms with Gasteiger partial charge in [-0.15, -0.1) is 0 Å². The van der Waals surface area contributed by atoms with Gasteiger partial charge >= 0.3 is 0 Å². The van der Waals surface area contributed by atoms with E-state index in [1.165, 1.54) is 0 Å². The molecule has 0 aliphatic heterocycles. The fourth-order valence-electron chi connectivity index (χ4n) is 1.68. The van der Waals surface area contributed by atoms with E-state index in [4.69, 9.17) is 22.1 Å². The van der Waals surface area contributed by atoms with Crippen LogP contribution in [-0.2, 0) is 24.5 Å². The minimum absolute atomic E-state index is 0.458. The first kappa shape index (κ1) is 13.0. The first-order valence-corrected chi connectivity index (χ1v) is 6.12. The number of aromatic nitrogens is 1. The van der Waals surface area contributed by atoms with Gasteiger partial charge in [0.15, 0.2) is 0 Å². The highest BCUT2D eigenvalue weighted by molar-refractivity contribution is 6.30. The van der Waals surface area contributed by atoms with Crippen LogP contribution in [-0.4, -0.2) is 4.98 Å². The molecule has 0 aliphatic carbocycles. The van der Waals surface area contributed by atoms with E-state index in [0.29, 0.717) is 19.8 Å². The Morgan fingerprint density at radius 3 is 2.83 bits per heavy atom. The van der Waals surface area contributed by atoms with E-state index < -0.39 is 0 Å². The number of halogens is 1. The monoisotopic (exact) mass is 262 g/mol. The van der Waals surface area contributed by atoms with Gasteiger partial charge in [0.05, 0.1) is 18.9 Å². The molecule has 0 radical (unpaired) electrons. The summed E-state index contributed by atoms with van der Waals surface area (Å²) in [5.74, 6) is 0. The van der Waals surface area contributed by atoms with Crippen LogP contribution < -0.4 is 5.73 Å². The van der Waals surface area contributed by atoms with Crippen LogP contribution in [0.3, 0.4) is 0 Å². The fourth-order valence-corrected chi connectivity index (χ4v) is 1.89. The van der Waals surface area contributed by atoms with E-state index in [-0.39, 0.29) is 0 Å². The molecule has 0 fully saturated rings. The standard InChI is InChI=1S/C14H15ClN2O/c15-13-5-1-3-11(7-13)9-18-10-14-12(8-16)4-2-6-17-14/h1-7H,8-10,16H2. The molecule has 18 heavy (non-hydrogen) atoms. The van der Waals surface area contributed by atoms with Gasteiger partial charge in [0.1, 0.15) is 0 Å². The van der Waals surface area contributed by atoms with Crippen LogP contribution in [0.15, 0.2) is 42.6 Å². The highest BCUT2D eigenvalue weighted by Crippen LogP contribution is 2.13. The SMILES string of the molecule is NCc1cccnc1COCc1cccc(Cl)c1. The highest BCUT2D eigenvalue weighted by atomic mass is 35.5. The summed E-state index contributed by atoms with van der Waals surface area (Å²) in [6.07, 6.45) is 1.75. The summed E-state index contributed by atoms with van der Waals surface area (Å²) in [5, 5.41) is 0.719. The molecule has 2 aromatic rings. The summed E-state index contributed by atoms with van der Waals surface area (Å²) >= 11 is 5.90. The van der Waals surface area contributed by atoms with Gasteiger partial charge in [0.2, 0.25) is 0 Å².